The normalized spacial score (nSPS) is 16.7. The average molecular weight is 462 g/mol. The van der Waals surface area contributed by atoms with Crippen LogP contribution in [0.4, 0.5) is 0 Å². The van der Waals surface area contributed by atoms with E-state index in [-0.39, 0.29) is 12.5 Å². The molecular weight excluding hydrogens is 446 g/mol. The molecule has 1 fully saturated rings. The lowest BCUT2D eigenvalue weighted by atomic mass is 10.1. The monoisotopic (exact) mass is 461 g/mol. The number of thioether (sulfide) groups is 1. The summed E-state index contributed by atoms with van der Waals surface area (Å²) in [6, 6.07) is 15.8. The van der Waals surface area contributed by atoms with Crippen LogP contribution in [0.25, 0.3) is 6.08 Å². The van der Waals surface area contributed by atoms with Gasteiger partial charge in [-0.2, -0.15) is 0 Å². The first-order valence-electron chi connectivity index (χ1n) is 8.25. The number of rotatable bonds is 5. The van der Waals surface area contributed by atoms with Crippen LogP contribution < -0.4 is 0 Å². The fourth-order valence-corrected chi connectivity index (χ4v) is 4.24. The van der Waals surface area contributed by atoms with Gasteiger partial charge < -0.3 is 4.74 Å². The first kappa shape index (κ1) is 19.8. The summed E-state index contributed by atoms with van der Waals surface area (Å²) < 4.78 is 6.50. The van der Waals surface area contributed by atoms with Gasteiger partial charge in [-0.15, -0.1) is 0 Å². The minimum absolute atomic E-state index is 0.228. The molecule has 0 radical (unpaired) electrons. The van der Waals surface area contributed by atoms with Gasteiger partial charge in [0.25, 0.3) is 5.91 Å². The zero-order valence-corrected chi connectivity index (χ0v) is 17.6. The molecule has 2 aromatic rings. The second-order valence-corrected chi connectivity index (χ2v) is 8.26. The smallest absolute Gasteiger partial charge is 0.333 e. The van der Waals surface area contributed by atoms with Gasteiger partial charge in [-0.25, -0.2) is 4.79 Å². The number of halogens is 1. The zero-order chi connectivity index (χ0) is 19.4. The minimum atomic E-state index is -0.894. The number of carbonyl (C=O) groups excluding carboxylic acids is 2. The Balaban J connectivity index is 1.95. The number of nitrogens with zero attached hydrogens (tertiary/aromatic N) is 1. The number of carbonyl (C=O) groups is 2. The molecule has 1 amide bonds. The van der Waals surface area contributed by atoms with Crippen molar-refractivity contribution in [1.29, 1.82) is 0 Å². The van der Waals surface area contributed by atoms with Crippen LogP contribution in [0.3, 0.4) is 0 Å². The lowest BCUT2D eigenvalue weighted by Crippen LogP contribution is -2.38. The molecule has 0 spiro atoms. The van der Waals surface area contributed by atoms with Crippen LogP contribution in [0.15, 0.2) is 64.0 Å². The summed E-state index contributed by atoms with van der Waals surface area (Å²) in [6.07, 6.45) is 1.78. The van der Waals surface area contributed by atoms with Crippen LogP contribution in [0.2, 0.25) is 0 Å². The maximum atomic E-state index is 13.0. The van der Waals surface area contributed by atoms with E-state index in [1.165, 1.54) is 16.7 Å². The molecule has 1 aliphatic rings. The van der Waals surface area contributed by atoms with Gasteiger partial charge >= 0.3 is 5.97 Å². The lowest BCUT2D eigenvalue weighted by Gasteiger charge is -2.25. The highest BCUT2D eigenvalue weighted by molar-refractivity contribution is 9.10. The van der Waals surface area contributed by atoms with Crippen molar-refractivity contribution in [3.63, 3.8) is 0 Å². The third kappa shape index (κ3) is 4.48. The van der Waals surface area contributed by atoms with Gasteiger partial charge in [0.1, 0.15) is 4.32 Å². The Morgan fingerprint density at radius 1 is 1.22 bits per heavy atom. The van der Waals surface area contributed by atoms with Crippen molar-refractivity contribution in [2.75, 3.05) is 6.61 Å². The van der Waals surface area contributed by atoms with Gasteiger partial charge in [0.15, 0.2) is 6.04 Å². The highest BCUT2D eigenvalue weighted by Gasteiger charge is 2.42. The fraction of sp³-hybridized carbons (Fsp3) is 0.150. The summed E-state index contributed by atoms with van der Waals surface area (Å²) in [4.78, 5) is 27.5. The van der Waals surface area contributed by atoms with Crippen molar-refractivity contribution in [3.05, 3.63) is 75.1 Å². The van der Waals surface area contributed by atoms with Crippen molar-refractivity contribution in [1.82, 2.24) is 4.90 Å². The molecule has 7 heteroatoms. The topological polar surface area (TPSA) is 46.6 Å². The van der Waals surface area contributed by atoms with Gasteiger partial charge in [-0.3, -0.25) is 9.69 Å². The van der Waals surface area contributed by atoms with E-state index in [2.05, 4.69) is 15.9 Å². The minimum Gasteiger partial charge on any atom is -0.464 e. The number of ether oxygens (including phenoxy) is 1. The Hall–Kier alpha value is -1.96. The predicted molar refractivity (Wildman–Crippen MR) is 115 cm³/mol. The Morgan fingerprint density at radius 2 is 1.89 bits per heavy atom. The van der Waals surface area contributed by atoms with Gasteiger partial charge in [-0.05, 0) is 36.3 Å². The molecule has 1 atom stereocenters. The zero-order valence-electron chi connectivity index (χ0n) is 14.4. The van der Waals surface area contributed by atoms with Gasteiger partial charge in [0.2, 0.25) is 0 Å². The molecule has 1 saturated heterocycles. The second kappa shape index (κ2) is 8.82. The highest BCUT2D eigenvalue weighted by Crippen LogP contribution is 2.38. The van der Waals surface area contributed by atoms with E-state index in [0.717, 1.165) is 10.0 Å². The molecule has 1 unspecified atom stereocenters. The number of thiocarbonyl (C=S) groups is 1. The van der Waals surface area contributed by atoms with Gasteiger partial charge in [0.05, 0.1) is 11.5 Å². The standard InChI is InChI=1S/C20H16BrNO3S2/c1-2-25-19(24)17(14-6-4-3-5-7-14)22-18(23)16(27-20(22)26)12-13-8-10-15(21)11-9-13/h3-12,17H,2H2,1H3/b16-12+. The van der Waals surface area contributed by atoms with Crippen LogP contribution in [-0.2, 0) is 14.3 Å². The molecule has 4 nitrogen and oxygen atoms in total. The van der Waals surface area contributed by atoms with Gasteiger partial charge in [0, 0.05) is 4.47 Å². The Bertz CT molecular complexity index is 897. The van der Waals surface area contributed by atoms with Crippen molar-refractivity contribution >= 4 is 62.2 Å². The van der Waals surface area contributed by atoms with E-state index in [0.29, 0.717) is 14.8 Å². The number of esters is 1. The largest absolute Gasteiger partial charge is 0.464 e. The molecule has 2 aromatic carbocycles. The number of hydrogen-bond donors (Lipinski definition) is 0. The summed E-state index contributed by atoms with van der Waals surface area (Å²) >= 11 is 10.0. The SMILES string of the molecule is CCOC(=O)C(c1ccccc1)N1C(=O)/C(=C\c2ccc(Br)cc2)SC1=S. The Labute approximate surface area is 175 Å². The number of benzene rings is 2. The molecule has 1 aliphatic heterocycles. The highest BCUT2D eigenvalue weighted by atomic mass is 79.9. The van der Waals surface area contributed by atoms with Gasteiger partial charge in [-0.1, -0.05) is 82.4 Å². The van der Waals surface area contributed by atoms with E-state index in [1.807, 2.05) is 42.5 Å². The first-order valence-corrected chi connectivity index (χ1v) is 10.3. The van der Waals surface area contributed by atoms with Crippen LogP contribution in [0, 0.1) is 0 Å². The van der Waals surface area contributed by atoms with E-state index in [1.54, 1.807) is 25.1 Å². The third-order valence-electron chi connectivity index (χ3n) is 3.87. The summed E-state index contributed by atoms with van der Waals surface area (Å²) in [5.41, 5.74) is 1.54. The Morgan fingerprint density at radius 3 is 2.52 bits per heavy atom. The van der Waals surface area contributed by atoms with Crippen molar-refractivity contribution in [2.24, 2.45) is 0 Å². The average Bonchev–Trinajstić information content (AvgIpc) is 2.93. The van der Waals surface area contributed by atoms with Crippen LogP contribution in [-0.4, -0.2) is 27.7 Å². The predicted octanol–water partition coefficient (Wildman–Crippen LogP) is 4.95. The molecule has 3 rings (SSSR count). The lowest BCUT2D eigenvalue weighted by molar-refractivity contribution is -0.151. The summed E-state index contributed by atoms with van der Waals surface area (Å²) in [5, 5.41) is 0. The van der Waals surface area contributed by atoms with E-state index < -0.39 is 12.0 Å². The number of hydrogen-bond acceptors (Lipinski definition) is 5. The Kier molecular flexibility index (Phi) is 6.46. The maximum absolute atomic E-state index is 13.0. The number of amides is 1. The molecule has 0 N–H and O–H groups in total. The first-order chi connectivity index (χ1) is 13.0. The summed E-state index contributed by atoms with van der Waals surface area (Å²) in [7, 11) is 0. The van der Waals surface area contributed by atoms with Crippen LogP contribution >= 0.6 is 39.9 Å². The molecule has 27 heavy (non-hydrogen) atoms. The summed E-state index contributed by atoms with van der Waals surface area (Å²) in [5.74, 6) is -0.792. The second-order valence-electron chi connectivity index (χ2n) is 5.67. The molecule has 0 saturated carbocycles. The van der Waals surface area contributed by atoms with Crippen molar-refractivity contribution < 1.29 is 14.3 Å². The molecule has 0 bridgehead atoms. The van der Waals surface area contributed by atoms with Crippen molar-refractivity contribution in [3.8, 4) is 0 Å². The van der Waals surface area contributed by atoms with Crippen molar-refractivity contribution in [2.45, 2.75) is 13.0 Å². The molecule has 138 valence electrons. The fourth-order valence-electron chi connectivity index (χ4n) is 2.66. The quantitative estimate of drug-likeness (QED) is 0.357. The van der Waals surface area contributed by atoms with E-state index in [9.17, 15) is 9.59 Å². The molecule has 0 aromatic heterocycles. The van der Waals surface area contributed by atoms with E-state index in [4.69, 9.17) is 17.0 Å². The maximum Gasteiger partial charge on any atom is 0.333 e. The molecule has 0 aliphatic carbocycles. The van der Waals surface area contributed by atoms with E-state index >= 15 is 0 Å². The summed E-state index contributed by atoms with van der Waals surface area (Å²) in [6.45, 7) is 1.96. The molecule has 1 heterocycles. The molecular formula is C20H16BrNO3S2. The van der Waals surface area contributed by atoms with Crippen LogP contribution in [0.5, 0.6) is 0 Å². The van der Waals surface area contributed by atoms with Crippen LogP contribution in [0.1, 0.15) is 24.1 Å². The third-order valence-corrected chi connectivity index (χ3v) is 5.73.